The van der Waals surface area contributed by atoms with E-state index in [0.29, 0.717) is 0 Å². The molecule has 2 nitrogen and oxygen atoms in total. The lowest BCUT2D eigenvalue weighted by Gasteiger charge is -2.19. The third-order valence-electron chi connectivity index (χ3n) is 3.95. The molecule has 15 heavy (non-hydrogen) atoms. The van der Waals surface area contributed by atoms with Gasteiger partial charge >= 0.3 is 0 Å². The molecule has 0 bridgehead atoms. The predicted molar refractivity (Wildman–Crippen MR) is 61.0 cm³/mol. The van der Waals surface area contributed by atoms with Gasteiger partial charge in [-0.05, 0) is 25.7 Å². The Morgan fingerprint density at radius 2 is 1.93 bits per heavy atom. The van der Waals surface area contributed by atoms with Crippen LogP contribution in [0.3, 0.4) is 0 Å². The van der Waals surface area contributed by atoms with Gasteiger partial charge in [-0.25, -0.2) is 4.98 Å². The largest absolute Gasteiger partial charge is 0.335 e. The van der Waals surface area contributed by atoms with Crippen LogP contribution in [0, 0.1) is 0 Å². The monoisotopic (exact) mass is 204 g/mol. The normalized spacial score (nSPS) is 22.7. The molecule has 1 aromatic rings. The number of rotatable bonds is 1. The molecule has 1 aliphatic heterocycles. The Morgan fingerprint density at radius 3 is 2.73 bits per heavy atom. The molecular weight excluding hydrogens is 184 g/mol. The summed E-state index contributed by atoms with van der Waals surface area (Å²) in [6, 6.07) is 0. The number of hydrogen-bond acceptors (Lipinski definition) is 1. The van der Waals surface area contributed by atoms with Gasteiger partial charge < -0.3 is 4.57 Å². The third kappa shape index (κ3) is 1.82. The van der Waals surface area contributed by atoms with Crippen LogP contribution in [0.25, 0.3) is 0 Å². The van der Waals surface area contributed by atoms with E-state index in [2.05, 4.69) is 10.8 Å². The lowest BCUT2D eigenvalue weighted by atomic mass is 9.87. The van der Waals surface area contributed by atoms with E-state index in [4.69, 9.17) is 4.98 Å². The van der Waals surface area contributed by atoms with Crippen LogP contribution in [-0.2, 0) is 13.0 Å². The average molecular weight is 204 g/mol. The fourth-order valence-corrected chi connectivity index (χ4v) is 3.03. The van der Waals surface area contributed by atoms with Gasteiger partial charge in [-0.15, -0.1) is 0 Å². The fraction of sp³-hybridized carbons (Fsp3) is 0.769. The van der Waals surface area contributed by atoms with Gasteiger partial charge in [0.25, 0.3) is 0 Å². The molecule has 0 atom stereocenters. The van der Waals surface area contributed by atoms with Gasteiger partial charge in [-0.1, -0.05) is 19.3 Å². The first-order chi connectivity index (χ1) is 7.43. The van der Waals surface area contributed by atoms with Crippen molar-refractivity contribution in [3.8, 4) is 0 Å². The molecule has 0 aromatic carbocycles. The van der Waals surface area contributed by atoms with Gasteiger partial charge in [0.15, 0.2) is 0 Å². The summed E-state index contributed by atoms with van der Waals surface area (Å²) in [6.45, 7) is 1.20. The molecule has 0 N–H and O–H groups in total. The quantitative estimate of drug-likeness (QED) is 0.686. The topological polar surface area (TPSA) is 17.8 Å². The van der Waals surface area contributed by atoms with Crippen LogP contribution in [0.1, 0.15) is 62.4 Å². The summed E-state index contributed by atoms with van der Waals surface area (Å²) in [6.07, 6.45) is 13.2. The minimum atomic E-state index is 0.775. The van der Waals surface area contributed by atoms with E-state index in [9.17, 15) is 0 Å². The molecular formula is C13H20N2. The molecule has 82 valence electrons. The van der Waals surface area contributed by atoms with Gasteiger partial charge in [0.2, 0.25) is 0 Å². The highest BCUT2D eigenvalue weighted by atomic mass is 15.1. The summed E-state index contributed by atoms with van der Waals surface area (Å²) >= 11 is 0. The van der Waals surface area contributed by atoms with Gasteiger partial charge in [0.05, 0.1) is 5.69 Å². The Labute approximate surface area is 91.7 Å². The van der Waals surface area contributed by atoms with E-state index < -0.39 is 0 Å². The molecule has 0 spiro atoms. The predicted octanol–water partition coefficient (Wildman–Crippen LogP) is 3.27. The maximum absolute atomic E-state index is 4.84. The maximum atomic E-state index is 4.84. The minimum absolute atomic E-state index is 0.775. The van der Waals surface area contributed by atoms with Crippen molar-refractivity contribution >= 4 is 0 Å². The number of fused-ring (bicyclic) bond motifs is 1. The number of aryl methyl sites for hydroxylation is 2. The van der Waals surface area contributed by atoms with Gasteiger partial charge in [-0.2, -0.15) is 0 Å². The molecule has 2 aliphatic rings. The zero-order valence-corrected chi connectivity index (χ0v) is 9.41. The van der Waals surface area contributed by atoms with Crippen LogP contribution in [0.15, 0.2) is 6.20 Å². The Balaban J connectivity index is 1.82. The van der Waals surface area contributed by atoms with Crippen LogP contribution in [0.4, 0.5) is 0 Å². The Morgan fingerprint density at radius 1 is 1.07 bits per heavy atom. The molecule has 3 rings (SSSR count). The molecule has 1 saturated carbocycles. The Bertz CT molecular complexity index is 311. The van der Waals surface area contributed by atoms with Crippen molar-refractivity contribution in [3.05, 3.63) is 17.7 Å². The first kappa shape index (κ1) is 9.44. The molecule has 1 aliphatic carbocycles. The lowest BCUT2D eigenvalue weighted by molar-refractivity contribution is 0.437. The summed E-state index contributed by atoms with van der Waals surface area (Å²) in [7, 11) is 0. The van der Waals surface area contributed by atoms with Crippen LogP contribution >= 0.6 is 0 Å². The summed E-state index contributed by atoms with van der Waals surface area (Å²) in [5, 5.41) is 0. The van der Waals surface area contributed by atoms with Crippen molar-refractivity contribution in [2.45, 2.75) is 63.8 Å². The number of nitrogens with zero attached hydrogens (tertiary/aromatic N) is 2. The maximum Gasteiger partial charge on any atom is 0.108 e. The van der Waals surface area contributed by atoms with E-state index in [1.54, 1.807) is 0 Å². The van der Waals surface area contributed by atoms with Crippen LogP contribution in [0.5, 0.6) is 0 Å². The fourth-order valence-electron chi connectivity index (χ4n) is 3.03. The highest BCUT2D eigenvalue weighted by molar-refractivity contribution is 5.11. The van der Waals surface area contributed by atoms with Crippen LogP contribution in [0.2, 0.25) is 0 Å². The second kappa shape index (κ2) is 3.99. The lowest BCUT2D eigenvalue weighted by Crippen LogP contribution is -2.08. The van der Waals surface area contributed by atoms with E-state index >= 15 is 0 Å². The standard InChI is InChI=1S/C13H20N2/c1-2-6-11(7-3-1)12-10-15-9-5-4-8-13(15)14-12/h10-11H,1-9H2. The molecule has 0 unspecified atom stereocenters. The van der Waals surface area contributed by atoms with Crippen LogP contribution < -0.4 is 0 Å². The summed E-state index contributed by atoms with van der Waals surface area (Å²) < 4.78 is 2.40. The smallest absolute Gasteiger partial charge is 0.108 e. The van der Waals surface area contributed by atoms with Gasteiger partial charge in [0, 0.05) is 25.1 Å². The zero-order valence-electron chi connectivity index (χ0n) is 9.41. The van der Waals surface area contributed by atoms with Crippen molar-refractivity contribution in [2.24, 2.45) is 0 Å². The number of hydrogen-bond donors (Lipinski definition) is 0. The van der Waals surface area contributed by atoms with Crippen molar-refractivity contribution < 1.29 is 0 Å². The van der Waals surface area contributed by atoms with Crippen molar-refractivity contribution in [1.82, 2.24) is 9.55 Å². The van der Waals surface area contributed by atoms with Gasteiger partial charge in [-0.3, -0.25) is 0 Å². The highest BCUT2D eigenvalue weighted by Gasteiger charge is 2.20. The summed E-state index contributed by atoms with van der Waals surface area (Å²) in [5.74, 6) is 2.12. The SMILES string of the molecule is c1c(C2CCCCC2)nc2n1CCCC2. The van der Waals surface area contributed by atoms with Crippen molar-refractivity contribution in [1.29, 1.82) is 0 Å². The molecule has 1 aromatic heterocycles. The number of aromatic nitrogens is 2. The van der Waals surface area contributed by atoms with Gasteiger partial charge in [0.1, 0.15) is 5.82 Å². The summed E-state index contributed by atoms with van der Waals surface area (Å²) in [5.41, 5.74) is 1.40. The van der Waals surface area contributed by atoms with Crippen LogP contribution in [-0.4, -0.2) is 9.55 Å². The molecule has 0 amide bonds. The Kier molecular flexibility index (Phi) is 2.51. The van der Waals surface area contributed by atoms with E-state index in [1.165, 1.54) is 69.4 Å². The zero-order chi connectivity index (χ0) is 10.1. The average Bonchev–Trinajstić information content (AvgIpc) is 2.74. The highest BCUT2D eigenvalue weighted by Crippen LogP contribution is 2.32. The first-order valence-corrected chi connectivity index (χ1v) is 6.49. The third-order valence-corrected chi connectivity index (χ3v) is 3.95. The molecule has 0 saturated heterocycles. The second-order valence-corrected chi connectivity index (χ2v) is 5.07. The minimum Gasteiger partial charge on any atom is -0.335 e. The van der Waals surface area contributed by atoms with E-state index in [-0.39, 0.29) is 0 Å². The molecule has 2 heterocycles. The second-order valence-electron chi connectivity index (χ2n) is 5.07. The number of imidazole rings is 1. The first-order valence-electron chi connectivity index (χ1n) is 6.49. The van der Waals surface area contributed by atoms with Crippen molar-refractivity contribution in [2.75, 3.05) is 0 Å². The summed E-state index contributed by atoms with van der Waals surface area (Å²) in [4.78, 5) is 4.84. The molecule has 1 fully saturated rings. The Hall–Kier alpha value is -0.790. The van der Waals surface area contributed by atoms with E-state index in [0.717, 1.165) is 5.92 Å². The molecule has 2 heteroatoms. The van der Waals surface area contributed by atoms with Crippen molar-refractivity contribution in [3.63, 3.8) is 0 Å². The van der Waals surface area contributed by atoms with E-state index in [1.807, 2.05) is 0 Å². The molecule has 0 radical (unpaired) electrons.